The number of carboxylic acid groups (broad SMARTS) is 1. The van der Waals surface area contributed by atoms with Gasteiger partial charge in [-0.15, -0.1) is 0 Å². The molecule has 7 heteroatoms. The van der Waals surface area contributed by atoms with Crippen LogP contribution in [0.2, 0.25) is 0 Å². The van der Waals surface area contributed by atoms with Crippen LogP contribution in [-0.2, 0) is 14.4 Å². The normalized spacial score (nSPS) is 13.6. The third-order valence-corrected chi connectivity index (χ3v) is 2.68. The number of carbonyl (C=O) groups excluding carboxylic acids is 2. The maximum absolute atomic E-state index is 11.7. The van der Waals surface area contributed by atoms with Crippen LogP contribution in [-0.4, -0.2) is 47.0 Å². The van der Waals surface area contributed by atoms with Gasteiger partial charge in [0.2, 0.25) is 11.8 Å². The highest BCUT2D eigenvalue weighted by Gasteiger charge is 2.22. The Kier molecular flexibility index (Phi) is 7.36. The van der Waals surface area contributed by atoms with Crippen molar-refractivity contribution in [1.29, 1.82) is 0 Å². The van der Waals surface area contributed by atoms with E-state index in [0.29, 0.717) is 12.2 Å². The average Bonchev–Trinajstić information content (AvgIpc) is 2.23. The van der Waals surface area contributed by atoms with Gasteiger partial charge in [-0.2, -0.15) is 11.8 Å². The van der Waals surface area contributed by atoms with Crippen molar-refractivity contribution in [2.24, 2.45) is 0 Å². The molecule has 0 aliphatic carbocycles. The summed E-state index contributed by atoms with van der Waals surface area (Å²) in [4.78, 5) is 33.2. The van der Waals surface area contributed by atoms with E-state index in [0.717, 1.165) is 0 Å². The first-order valence-electron chi connectivity index (χ1n) is 5.17. The Balaban J connectivity index is 4.40. The van der Waals surface area contributed by atoms with E-state index in [1.54, 1.807) is 11.8 Å². The maximum atomic E-state index is 11.7. The Morgan fingerprint density at radius 1 is 1.29 bits per heavy atom. The second-order valence-corrected chi connectivity index (χ2v) is 4.59. The molecular weight excluding hydrogens is 244 g/mol. The number of hydrogen-bond donors (Lipinski definition) is 3. The maximum Gasteiger partial charge on any atom is 0.325 e. The minimum atomic E-state index is -1.11. The second kappa shape index (κ2) is 7.94. The first kappa shape index (κ1) is 15.8. The van der Waals surface area contributed by atoms with Crippen molar-refractivity contribution in [3.8, 4) is 0 Å². The number of hydrogen-bond acceptors (Lipinski definition) is 4. The third-order valence-electron chi connectivity index (χ3n) is 2.03. The number of carboxylic acids is 1. The van der Waals surface area contributed by atoms with Crippen molar-refractivity contribution in [1.82, 2.24) is 10.6 Å². The molecule has 17 heavy (non-hydrogen) atoms. The Hall–Kier alpha value is -1.24. The van der Waals surface area contributed by atoms with E-state index in [9.17, 15) is 14.4 Å². The molecule has 0 aromatic rings. The van der Waals surface area contributed by atoms with E-state index in [2.05, 4.69) is 10.6 Å². The van der Waals surface area contributed by atoms with Crippen molar-refractivity contribution < 1.29 is 19.5 Å². The second-order valence-electron chi connectivity index (χ2n) is 3.60. The highest BCUT2D eigenvalue weighted by atomic mass is 32.2. The SMILES string of the molecule is CSCCC(NC(C)=O)C(=O)NC(C)C(=O)O. The third kappa shape index (κ3) is 6.83. The molecule has 0 saturated heterocycles. The smallest absolute Gasteiger partial charge is 0.325 e. The minimum Gasteiger partial charge on any atom is -0.480 e. The predicted octanol–water partition coefficient (Wildman–Crippen LogP) is -0.166. The standard InChI is InChI=1S/C10H18N2O4S/c1-6(10(15)16)11-9(14)8(4-5-17-3)12-7(2)13/h6,8H,4-5H2,1-3H3,(H,11,14)(H,12,13)(H,15,16). The minimum absolute atomic E-state index is 0.311. The van der Waals surface area contributed by atoms with Crippen molar-refractivity contribution in [2.45, 2.75) is 32.4 Å². The van der Waals surface area contributed by atoms with Crippen molar-refractivity contribution in [3.05, 3.63) is 0 Å². The van der Waals surface area contributed by atoms with Gasteiger partial charge in [-0.05, 0) is 25.4 Å². The Morgan fingerprint density at radius 3 is 2.29 bits per heavy atom. The topological polar surface area (TPSA) is 95.5 Å². The molecule has 98 valence electrons. The lowest BCUT2D eigenvalue weighted by Crippen LogP contribution is -2.50. The fourth-order valence-corrected chi connectivity index (χ4v) is 1.60. The molecule has 0 radical (unpaired) electrons. The summed E-state index contributed by atoms with van der Waals surface area (Å²) in [5.41, 5.74) is 0. The number of rotatable bonds is 7. The molecule has 0 aromatic carbocycles. The molecule has 0 spiro atoms. The van der Waals surface area contributed by atoms with E-state index < -0.39 is 24.0 Å². The van der Waals surface area contributed by atoms with Crippen LogP contribution in [0.25, 0.3) is 0 Å². The number of aliphatic carboxylic acids is 1. The molecule has 0 aromatic heterocycles. The Labute approximate surface area is 105 Å². The number of nitrogens with one attached hydrogen (secondary N) is 2. The number of carbonyl (C=O) groups is 3. The summed E-state index contributed by atoms with van der Waals surface area (Å²) in [5.74, 6) is -1.18. The van der Waals surface area contributed by atoms with Crippen LogP contribution < -0.4 is 10.6 Å². The Bertz CT molecular complexity index is 296. The van der Waals surface area contributed by atoms with Crippen molar-refractivity contribution in [2.75, 3.05) is 12.0 Å². The zero-order valence-corrected chi connectivity index (χ0v) is 11.0. The van der Waals surface area contributed by atoms with Crippen molar-refractivity contribution >= 4 is 29.5 Å². The summed E-state index contributed by atoms with van der Waals surface area (Å²) in [7, 11) is 0. The summed E-state index contributed by atoms with van der Waals surface area (Å²) in [6.07, 6.45) is 2.36. The van der Waals surface area contributed by atoms with Gasteiger partial charge in [-0.3, -0.25) is 14.4 Å². The van der Waals surface area contributed by atoms with E-state index in [-0.39, 0.29) is 5.91 Å². The van der Waals surface area contributed by atoms with E-state index >= 15 is 0 Å². The molecule has 2 amide bonds. The average molecular weight is 262 g/mol. The number of amides is 2. The molecule has 2 atom stereocenters. The van der Waals surface area contributed by atoms with Gasteiger partial charge in [0, 0.05) is 6.92 Å². The molecule has 0 heterocycles. The molecule has 3 N–H and O–H groups in total. The summed E-state index contributed by atoms with van der Waals surface area (Å²) in [6, 6.07) is -1.64. The summed E-state index contributed by atoms with van der Waals surface area (Å²) >= 11 is 1.55. The Morgan fingerprint density at radius 2 is 1.88 bits per heavy atom. The monoisotopic (exact) mass is 262 g/mol. The molecule has 0 aliphatic rings. The van der Waals surface area contributed by atoms with Gasteiger partial charge in [0.05, 0.1) is 0 Å². The molecule has 0 saturated carbocycles. The molecule has 2 unspecified atom stereocenters. The zero-order chi connectivity index (χ0) is 13.4. The van der Waals surface area contributed by atoms with Crippen LogP contribution in [0, 0.1) is 0 Å². The van der Waals surface area contributed by atoms with Gasteiger partial charge < -0.3 is 15.7 Å². The van der Waals surface area contributed by atoms with Gasteiger partial charge in [-0.25, -0.2) is 0 Å². The van der Waals surface area contributed by atoms with Gasteiger partial charge >= 0.3 is 5.97 Å². The quantitative estimate of drug-likeness (QED) is 0.592. The highest BCUT2D eigenvalue weighted by molar-refractivity contribution is 7.98. The first-order valence-corrected chi connectivity index (χ1v) is 6.57. The predicted molar refractivity (Wildman–Crippen MR) is 65.8 cm³/mol. The van der Waals surface area contributed by atoms with E-state index in [4.69, 9.17) is 5.11 Å². The fraction of sp³-hybridized carbons (Fsp3) is 0.700. The molecule has 0 fully saturated rings. The molecule has 0 aliphatic heterocycles. The summed E-state index contributed by atoms with van der Waals surface area (Å²) in [5, 5.41) is 13.5. The first-order chi connectivity index (χ1) is 7.88. The van der Waals surface area contributed by atoms with Gasteiger partial charge in [-0.1, -0.05) is 0 Å². The molecule has 6 nitrogen and oxygen atoms in total. The summed E-state index contributed by atoms with van der Waals surface area (Å²) < 4.78 is 0. The lowest BCUT2D eigenvalue weighted by atomic mass is 10.2. The highest BCUT2D eigenvalue weighted by Crippen LogP contribution is 2.01. The van der Waals surface area contributed by atoms with Crippen LogP contribution in [0.4, 0.5) is 0 Å². The lowest BCUT2D eigenvalue weighted by Gasteiger charge is -2.18. The molecule has 0 rings (SSSR count). The van der Waals surface area contributed by atoms with Crippen LogP contribution in [0.3, 0.4) is 0 Å². The van der Waals surface area contributed by atoms with E-state index in [1.165, 1.54) is 13.8 Å². The number of thioether (sulfide) groups is 1. The van der Waals surface area contributed by atoms with Crippen LogP contribution in [0.1, 0.15) is 20.3 Å². The molecular formula is C10H18N2O4S. The lowest BCUT2D eigenvalue weighted by molar-refractivity contribution is -0.141. The fourth-order valence-electron chi connectivity index (χ4n) is 1.13. The summed E-state index contributed by atoms with van der Waals surface area (Å²) in [6.45, 7) is 2.69. The van der Waals surface area contributed by atoms with Crippen LogP contribution in [0.5, 0.6) is 0 Å². The van der Waals surface area contributed by atoms with Crippen LogP contribution >= 0.6 is 11.8 Å². The largest absolute Gasteiger partial charge is 0.480 e. The van der Waals surface area contributed by atoms with Gasteiger partial charge in [0.1, 0.15) is 12.1 Å². The van der Waals surface area contributed by atoms with Gasteiger partial charge in [0.25, 0.3) is 0 Å². The molecule has 0 bridgehead atoms. The van der Waals surface area contributed by atoms with E-state index in [1.807, 2.05) is 6.26 Å². The van der Waals surface area contributed by atoms with Gasteiger partial charge in [0.15, 0.2) is 0 Å². The zero-order valence-electron chi connectivity index (χ0n) is 10.1. The van der Waals surface area contributed by atoms with Crippen LogP contribution in [0.15, 0.2) is 0 Å². The van der Waals surface area contributed by atoms with Crippen molar-refractivity contribution in [3.63, 3.8) is 0 Å².